The summed E-state index contributed by atoms with van der Waals surface area (Å²) in [5.41, 5.74) is 23.3. The van der Waals surface area contributed by atoms with Crippen molar-refractivity contribution in [3.05, 3.63) is 370 Å². The third-order valence-corrected chi connectivity index (χ3v) is 21.1. The maximum Gasteiger partial charge on any atom is 0.164 e. The van der Waals surface area contributed by atoms with E-state index < -0.39 is 0 Å². The molecule has 0 aliphatic rings. The Hall–Kier alpha value is -14.8. The molecule has 9 heteroatoms. The molecule has 0 radical (unpaired) electrons. The van der Waals surface area contributed by atoms with E-state index in [0.29, 0.717) is 11.6 Å². The second-order valence-electron chi connectivity index (χ2n) is 27.5. The van der Waals surface area contributed by atoms with Crippen LogP contribution < -0.4 is 0 Å². The maximum atomic E-state index is 6.41. The number of fused-ring (bicyclic) bond motifs is 17. The van der Waals surface area contributed by atoms with E-state index in [-0.39, 0.29) is 0 Å². The minimum Gasteiger partial charge on any atom is -0.456 e. The Morgan fingerprint density at radius 3 is 1.15 bits per heavy atom. The Balaban J connectivity index is 0.000000139. The summed E-state index contributed by atoms with van der Waals surface area (Å²) in [6, 6.07) is 128. The van der Waals surface area contributed by atoms with E-state index in [1.807, 2.05) is 66.7 Å². The lowest BCUT2D eigenvalue weighted by Crippen LogP contribution is -2.03. The van der Waals surface area contributed by atoms with Crippen LogP contribution in [0.1, 0.15) is 0 Å². The van der Waals surface area contributed by atoms with Crippen molar-refractivity contribution < 1.29 is 8.83 Å². The fourth-order valence-corrected chi connectivity index (χ4v) is 16.1. The highest BCUT2D eigenvalue weighted by atomic mass is 16.3. The fourth-order valence-electron chi connectivity index (χ4n) is 16.1. The molecular weight excluding hydrogens is 1330 g/mol. The summed E-state index contributed by atoms with van der Waals surface area (Å²) in [5, 5.41) is 13.3. The third kappa shape index (κ3) is 10.8. The van der Waals surface area contributed by atoms with Gasteiger partial charge < -0.3 is 8.83 Å². The molecule has 9 nitrogen and oxygen atoms in total. The van der Waals surface area contributed by atoms with E-state index >= 15 is 0 Å². The highest BCUT2D eigenvalue weighted by molar-refractivity contribution is 6.31. The molecule has 109 heavy (non-hydrogen) atoms. The zero-order valence-corrected chi connectivity index (χ0v) is 58.7. The number of hydrogen-bond acceptors (Lipinski definition) is 8. The predicted molar refractivity (Wildman–Crippen MR) is 447 cm³/mol. The van der Waals surface area contributed by atoms with Crippen molar-refractivity contribution >= 4 is 109 Å². The lowest BCUT2D eigenvalue weighted by Gasteiger charge is -2.15. The van der Waals surface area contributed by atoms with E-state index in [4.69, 9.17) is 38.7 Å². The zero-order valence-electron chi connectivity index (χ0n) is 58.7. The topological polar surface area (TPSA) is 109 Å². The summed E-state index contributed by atoms with van der Waals surface area (Å²) in [7, 11) is 0. The van der Waals surface area contributed by atoms with Gasteiger partial charge in [0.25, 0.3) is 0 Å². The molecule has 0 N–H and O–H groups in total. The van der Waals surface area contributed by atoms with Crippen molar-refractivity contribution in [2.75, 3.05) is 0 Å². The molecule has 0 aliphatic heterocycles. The predicted octanol–water partition coefficient (Wildman–Crippen LogP) is 26.3. The van der Waals surface area contributed by atoms with E-state index in [2.05, 4.69) is 308 Å². The molecule has 15 aromatic carbocycles. The van der Waals surface area contributed by atoms with Crippen molar-refractivity contribution in [2.45, 2.75) is 0 Å². The molecule has 7 aromatic heterocycles. The molecule has 7 heterocycles. The van der Waals surface area contributed by atoms with E-state index in [0.717, 1.165) is 194 Å². The summed E-state index contributed by atoms with van der Waals surface area (Å²) in [6.45, 7) is 0. The highest BCUT2D eigenvalue weighted by Crippen LogP contribution is 2.47. The first-order valence-electron chi connectivity index (χ1n) is 36.6. The van der Waals surface area contributed by atoms with Crippen molar-refractivity contribution in [1.82, 2.24) is 34.5 Å². The summed E-state index contributed by atoms with van der Waals surface area (Å²) in [4.78, 5) is 32.0. The summed E-state index contributed by atoms with van der Waals surface area (Å²) < 4.78 is 15.1. The van der Waals surface area contributed by atoms with Crippen LogP contribution in [0.2, 0.25) is 0 Å². The van der Waals surface area contributed by atoms with Crippen LogP contribution in [-0.2, 0) is 0 Å². The van der Waals surface area contributed by atoms with Crippen LogP contribution in [0.25, 0.3) is 216 Å². The number of para-hydroxylation sites is 6. The molecule has 0 atom stereocenters. The number of pyridine rings is 2. The Morgan fingerprint density at radius 1 is 0.202 bits per heavy atom. The highest BCUT2D eigenvalue weighted by Gasteiger charge is 2.25. The molecule has 0 saturated carbocycles. The van der Waals surface area contributed by atoms with Gasteiger partial charge in [-0.3, -0.25) is 4.57 Å². The lowest BCUT2D eigenvalue weighted by molar-refractivity contribution is 0.669. The molecular formula is C100H61N7O2. The van der Waals surface area contributed by atoms with Gasteiger partial charge in [-0.2, -0.15) is 0 Å². The number of rotatable bonds is 10. The number of furan rings is 2. The van der Waals surface area contributed by atoms with Crippen LogP contribution >= 0.6 is 0 Å². The summed E-state index contributed by atoms with van der Waals surface area (Å²) in [6.07, 6.45) is 0. The van der Waals surface area contributed by atoms with Crippen LogP contribution in [0, 0.1) is 0 Å². The van der Waals surface area contributed by atoms with Crippen molar-refractivity contribution in [1.29, 1.82) is 0 Å². The molecule has 0 aliphatic carbocycles. The Bertz CT molecular complexity index is 7270. The largest absolute Gasteiger partial charge is 0.456 e. The minimum absolute atomic E-state index is 0.610. The first-order valence-corrected chi connectivity index (χ1v) is 36.6. The van der Waals surface area contributed by atoms with Gasteiger partial charge in [0.2, 0.25) is 0 Å². The van der Waals surface area contributed by atoms with Gasteiger partial charge in [0.15, 0.2) is 11.6 Å². The average Bonchev–Trinajstić information content (AvgIpc) is 1.73. The molecule has 0 saturated heterocycles. The van der Waals surface area contributed by atoms with Crippen molar-refractivity contribution in [3.8, 4) is 107 Å². The Morgan fingerprint density at radius 2 is 0.587 bits per heavy atom. The van der Waals surface area contributed by atoms with E-state index in [9.17, 15) is 0 Å². The second kappa shape index (κ2) is 26.1. The minimum atomic E-state index is 0.610. The van der Waals surface area contributed by atoms with Gasteiger partial charge in [-0.25, -0.2) is 29.9 Å². The molecule has 0 bridgehead atoms. The van der Waals surface area contributed by atoms with E-state index in [1.54, 1.807) is 0 Å². The van der Waals surface area contributed by atoms with Gasteiger partial charge in [0, 0.05) is 115 Å². The number of nitrogens with zero attached hydrogens (tertiary/aromatic N) is 7. The Kier molecular flexibility index (Phi) is 15.0. The van der Waals surface area contributed by atoms with Crippen molar-refractivity contribution in [3.63, 3.8) is 0 Å². The monoisotopic (exact) mass is 1390 g/mol. The molecule has 0 fully saturated rings. The maximum absolute atomic E-state index is 6.41. The lowest BCUT2D eigenvalue weighted by atomic mass is 9.93. The van der Waals surface area contributed by atoms with Gasteiger partial charge in [0.05, 0.1) is 50.5 Å². The van der Waals surface area contributed by atoms with Gasteiger partial charge >= 0.3 is 0 Å². The molecule has 22 aromatic rings. The first-order chi connectivity index (χ1) is 54.1. The SMILES string of the molecule is c1ccc(-c2cc(-n3c4ccccc4c4ccccc43)nc(-c3cccc4c3nc(-c3ccccc3)c3ccc5oc6ccccc6c5c34)n2)cc1.c1ccc(-c2nc(-c3ccc(-c4cccc5c4nc(-c4ccccc4)c4ccc6oc7ccccc7c6c45)cc3)cc(-c3ccccc3-c3ccccc3)n2)cc1. The zero-order chi connectivity index (χ0) is 71.9. The van der Waals surface area contributed by atoms with Gasteiger partial charge in [-0.1, -0.05) is 303 Å². The van der Waals surface area contributed by atoms with Gasteiger partial charge in [-0.15, -0.1) is 0 Å². The number of aromatic nitrogens is 7. The normalized spacial score (nSPS) is 11.7. The molecule has 508 valence electrons. The molecule has 0 unspecified atom stereocenters. The Labute approximate surface area is 625 Å². The van der Waals surface area contributed by atoms with Crippen molar-refractivity contribution in [2.24, 2.45) is 0 Å². The molecule has 22 rings (SSSR count). The average molecular weight is 1390 g/mol. The summed E-state index contributed by atoms with van der Waals surface area (Å²) >= 11 is 0. The van der Waals surface area contributed by atoms with Gasteiger partial charge in [0.1, 0.15) is 28.1 Å². The van der Waals surface area contributed by atoms with Gasteiger partial charge in [-0.05, 0) is 77.4 Å². The fraction of sp³-hybridized carbons (Fsp3) is 0. The van der Waals surface area contributed by atoms with Crippen LogP contribution in [0.5, 0.6) is 0 Å². The standard InChI is InChI=1S/C53H33N3O.C47H28N4O/c1-4-15-34(16-5-1)39-21-10-11-22-41(39)46-33-45(54-53(55-46)38-19-8-3-9-20-38)36-29-27-35(28-30-36)40-24-14-25-43-49-44(51(56-52(40)43)37-17-6-2-7-18-37)31-32-48-50(49)42-23-12-13-26-47(42)57-48;1-3-14-29(15-4-1)37-28-42(51-38-23-10-7-18-31(38)32-19-8-11-24-39(32)51)49-47(48-37)36-22-13-21-34-43-35(45(50-46(34)36)30-16-5-2-6-17-30)26-27-41-44(43)33-20-9-12-25-40(33)52-41/h1-33H;1-28H. The van der Waals surface area contributed by atoms with Crippen LogP contribution in [0.4, 0.5) is 0 Å². The number of hydrogen-bond donors (Lipinski definition) is 0. The van der Waals surface area contributed by atoms with Crippen LogP contribution in [-0.4, -0.2) is 34.5 Å². The molecule has 0 amide bonds. The summed E-state index contributed by atoms with van der Waals surface area (Å²) in [5.74, 6) is 2.09. The second-order valence-corrected chi connectivity index (χ2v) is 27.5. The smallest absolute Gasteiger partial charge is 0.164 e. The molecule has 0 spiro atoms. The first kappa shape index (κ1) is 62.7. The number of benzene rings is 15. The quantitative estimate of drug-likeness (QED) is 0.125. The van der Waals surface area contributed by atoms with E-state index in [1.165, 1.54) is 10.8 Å². The third-order valence-electron chi connectivity index (χ3n) is 21.1. The van der Waals surface area contributed by atoms with Crippen LogP contribution in [0.3, 0.4) is 0 Å². The van der Waals surface area contributed by atoms with Crippen LogP contribution in [0.15, 0.2) is 379 Å².